The van der Waals surface area contributed by atoms with Gasteiger partial charge in [0.1, 0.15) is 12.3 Å². The summed E-state index contributed by atoms with van der Waals surface area (Å²) in [7, 11) is -4.11. The molecule has 1 heterocycles. The first-order valence-corrected chi connectivity index (χ1v) is 13.3. The van der Waals surface area contributed by atoms with Crippen LogP contribution in [0.25, 0.3) is 0 Å². The maximum absolute atomic E-state index is 13.6. The van der Waals surface area contributed by atoms with Gasteiger partial charge >= 0.3 is 0 Å². The number of carbonyl (C=O) groups is 2. The molecule has 0 aliphatic carbocycles. The summed E-state index contributed by atoms with van der Waals surface area (Å²) in [4.78, 5) is 25.1. The van der Waals surface area contributed by atoms with Crippen LogP contribution in [-0.4, -0.2) is 39.1 Å². The molecule has 192 valence electrons. The fraction of sp³-hybridized carbons (Fsp3) is 0.222. The molecule has 0 fully saturated rings. The molecular weight excluding hydrogens is 492 g/mol. The largest absolute Gasteiger partial charge is 0.494 e. The fourth-order valence-electron chi connectivity index (χ4n) is 3.69. The van der Waals surface area contributed by atoms with Crippen LogP contribution >= 0.6 is 0 Å². The number of hydrogen-bond acceptors (Lipinski definition) is 6. The van der Waals surface area contributed by atoms with Gasteiger partial charge in [-0.15, -0.1) is 0 Å². The Morgan fingerprint density at radius 1 is 1.03 bits per heavy atom. The van der Waals surface area contributed by atoms with Crippen LogP contribution in [0.3, 0.4) is 0 Å². The number of unbranched alkanes of at least 4 members (excludes halogenated alkanes) is 1. The van der Waals surface area contributed by atoms with Crippen molar-refractivity contribution in [2.45, 2.75) is 31.6 Å². The Hall–Kier alpha value is -4.18. The summed E-state index contributed by atoms with van der Waals surface area (Å²) in [5.74, 6) is -0.586. The number of sulfonamides is 1. The molecule has 0 saturated carbocycles. The van der Waals surface area contributed by atoms with Gasteiger partial charge in [-0.05, 0) is 55.8 Å². The minimum absolute atomic E-state index is 0.0131. The topological polar surface area (TPSA) is 117 Å². The molecule has 2 amide bonds. The number of nitrogens with one attached hydrogen (secondary N) is 2. The van der Waals surface area contributed by atoms with E-state index in [1.165, 1.54) is 12.1 Å². The molecule has 3 aromatic rings. The van der Waals surface area contributed by atoms with E-state index in [0.717, 1.165) is 22.7 Å². The molecule has 0 bridgehead atoms. The monoisotopic (exact) mass is 520 g/mol. The average molecular weight is 521 g/mol. The van der Waals surface area contributed by atoms with Crippen LogP contribution in [-0.2, 0) is 19.6 Å². The molecule has 2 N–H and O–H groups in total. The lowest BCUT2D eigenvalue weighted by Gasteiger charge is -2.24. The Kier molecular flexibility index (Phi) is 7.88. The molecule has 3 aromatic carbocycles. The smallest absolute Gasteiger partial charge is 0.276 e. The highest BCUT2D eigenvalue weighted by Gasteiger charge is 2.29. The second-order valence-electron chi connectivity index (χ2n) is 8.52. The van der Waals surface area contributed by atoms with Crippen molar-refractivity contribution >= 4 is 38.9 Å². The zero-order chi connectivity index (χ0) is 26.4. The Morgan fingerprint density at radius 2 is 1.73 bits per heavy atom. The Bertz CT molecular complexity index is 1420. The fourth-order valence-corrected chi connectivity index (χ4v) is 5.11. The number of ether oxygens (including phenoxy) is 1. The summed E-state index contributed by atoms with van der Waals surface area (Å²) in [6, 6.07) is 19.9. The van der Waals surface area contributed by atoms with E-state index in [1.54, 1.807) is 60.7 Å². The summed E-state index contributed by atoms with van der Waals surface area (Å²) < 4.78 is 33.9. The van der Waals surface area contributed by atoms with E-state index in [0.29, 0.717) is 29.3 Å². The summed E-state index contributed by atoms with van der Waals surface area (Å²) in [6.07, 6.45) is 1.89. The first-order valence-electron chi connectivity index (χ1n) is 11.9. The molecule has 4 rings (SSSR count). The predicted octanol–water partition coefficient (Wildman–Crippen LogP) is 3.84. The van der Waals surface area contributed by atoms with Crippen molar-refractivity contribution in [2.75, 3.05) is 22.8 Å². The van der Waals surface area contributed by atoms with E-state index in [1.807, 2.05) is 6.92 Å². The standard InChI is InChI=1S/C27H28N4O5S/c1-3-4-17-36-21-13-15-22(16-14-21)37(34,35)31(20-11-9-19(2)10-12-20)18-25(32)29-30-26-23-7-5-6-8-24(23)28-27(26)33/h5-16H,3-4,17-18H2,1-2H3,(H,29,32)(H,28,30,33). The van der Waals surface area contributed by atoms with Gasteiger partial charge in [-0.2, -0.15) is 5.10 Å². The lowest BCUT2D eigenvalue weighted by atomic mass is 10.1. The van der Waals surface area contributed by atoms with Gasteiger partial charge in [-0.1, -0.05) is 49.2 Å². The number of aryl methyl sites for hydroxylation is 1. The van der Waals surface area contributed by atoms with Gasteiger partial charge in [0.05, 0.1) is 22.9 Å². The number of hydrogen-bond donors (Lipinski definition) is 2. The summed E-state index contributed by atoms with van der Waals surface area (Å²) in [5.41, 5.74) is 4.78. The van der Waals surface area contributed by atoms with Gasteiger partial charge in [0.25, 0.3) is 21.8 Å². The Balaban J connectivity index is 1.57. The zero-order valence-corrected chi connectivity index (χ0v) is 21.4. The molecule has 37 heavy (non-hydrogen) atoms. The van der Waals surface area contributed by atoms with E-state index in [4.69, 9.17) is 4.74 Å². The number of carbonyl (C=O) groups excluding carboxylic acids is 2. The zero-order valence-electron chi connectivity index (χ0n) is 20.6. The number of amides is 2. The number of nitrogens with zero attached hydrogens (tertiary/aromatic N) is 2. The number of para-hydroxylation sites is 1. The third kappa shape index (κ3) is 5.97. The SMILES string of the molecule is CCCCOc1ccc(S(=O)(=O)N(CC(=O)N/N=C2/C(=O)Nc3ccccc32)c2ccc(C)cc2)cc1. The third-order valence-electron chi connectivity index (χ3n) is 5.73. The van der Waals surface area contributed by atoms with Gasteiger partial charge in [-0.3, -0.25) is 13.9 Å². The van der Waals surface area contributed by atoms with Crippen LogP contribution in [0.2, 0.25) is 0 Å². The van der Waals surface area contributed by atoms with Crippen molar-refractivity contribution in [3.63, 3.8) is 0 Å². The molecule has 0 atom stereocenters. The van der Waals surface area contributed by atoms with E-state index in [-0.39, 0.29) is 10.6 Å². The van der Waals surface area contributed by atoms with Crippen LogP contribution < -0.4 is 19.8 Å². The van der Waals surface area contributed by atoms with Gasteiger partial charge in [0.2, 0.25) is 0 Å². The lowest BCUT2D eigenvalue weighted by Crippen LogP contribution is -2.40. The Morgan fingerprint density at radius 3 is 2.43 bits per heavy atom. The number of hydrazone groups is 1. The van der Waals surface area contributed by atoms with Crippen LogP contribution in [0.15, 0.2) is 82.8 Å². The molecule has 1 aliphatic rings. The van der Waals surface area contributed by atoms with E-state index >= 15 is 0 Å². The van der Waals surface area contributed by atoms with Gasteiger partial charge < -0.3 is 10.1 Å². The summed E-state index contributed by atoms with van der Waals surface area (Å²) in [5, 5.41) is 6.65. The average Bonchev–Trinajstić information content (AvgIpc) is 3.22. The first kappa shape index (κ1) is 25.9. The van der Waals surface area contributed by atoms with Crippen LogP contribution in [0, 0.1) is 6.92 Å². The van der Waals surface area contributed by atoms with Crippen LogP contribution in [0.5, 0.6) is 5.75 Å². The summed E-state index contributed by atoms with van der Waals surface area (Å²) >= 11 is 0. The first-order chi connectivity index (χ1) is 17.8. The molecule has 0 radical (unpaired) electrons. The van der Waals surface area contributed by atoms with Crippen molar-refractivity contribution < 1.29 is 22.7 Å². The molecule has 0 unspecified atom stereocenters. The van der Waals surface area contributed by atoms with Crippen molar-refractivity contribution in [1.29, 1.82) is 0 Å². The summed E-state index contributed by atoms with van der Waals surface area (Å²) in [6.45, 7) is 3.94. The highest BCUT2D eigenvalue weighted by atomic mass is 32.2. The number of fused-ring (bicyclic) bond motifs is 1. The van der Waals surface area contributed by atoms with Crippen LogP contribution in [0.1, 0.15) is 30.9 Å². The minimum atomic E-state index is -4.11. The minimum Gasteiger partial charge on any atom is -0.494 e. The number of rotatable bonds is 10. The number of anilines is 2. The van der Waals surface area contributed by atoms with Gasteiger partial charge in [-0.25, -0.2) is 13.8 Å². The molecule has 0 aromatic heterocycles. The van der Waals surface area contributed by atoms with Crippen molar-refractivity contribution in [1.82, 2.24) is 5.43 Å². The predicted molar refractivity (Wildman–Crippen MR) is 142 cm³/mol. The van der Waals surface area contributed by atoms with Crippen LogP contribution in [0.4, 0.5) is 11.4 Å². The second-order valence-corrected chi connectivity index (χ2v) is 10.4. The molecule has 10 heteroatoms. The maximum Gasteiger partial charge on any atom is 0.276 e. The second kappa shape index (κ2) is 11.3. The molecular formula is C27H28N4O5S. The lowest BCUT2D eigenvalue weighted by molar-refractivity contribution is -0.119. The van der Waals surface area contributed by atoms with Crippen molar-refractivity contribution in [3.05, 3.63) is 83.9 Å². The third-order valence-corrected chi connectivity index (χ3v) is 7.51. The molecule has 0 saturated heterocycles. The van der Waals surface area contributed by atoms with E-state index < -0.39 is 28.4 Å². The van der Waals surface area contributed by atoms with E-state index in [2.05, 4.69) is 22.8 Å². The number of benzene rings is 3. The van der Waals surface area contributed by atoms with Gasteiger partial charge in [0.15, 0.2) is 5.71 Å². The normalized spacial score (nSPS) is 13.7. The van der Waals surface area contributed by atoms with E-state index in [9.17, 15) is 18.0 Å². The highest BCUT2D eigenvalue weighted by molar-refractivity contribution is 7.92. The van der Waals surface area contributed by atoms with Gasteiger partial charge in [0, 0.05) is 5.56 Å². The highest BCUT2D eigenvalue weighted by Crippen LogP contribution is 2.26. The van der Waals surface area contributed by atoms with Crippen molar-refractivity contribution in [2.24, 2.45) is 5.10 Å². The molecule has 1 aliphatic heterocycles. The maximum atomic E-state index is 13.6. The van der Waals surface area contributed by atoms with Crippen molar-refractivity contribution in [3.8, 4) is 5.75 Å². The molecule has 9 nitrogen and oxygen atoms in total. The quantitative estimate of drug-likeness (QED) is 0.311. The molecule has 0 spiro atoms. The Labute approximate surface area is 216 Å².